The number of carbonyl (C=O) groups excluding carboxylic acids is 2. The number of carbonyl (C=O) groups is 2. The summed E-state index contributed by atoms with van der Waals surface area (Å²) in [6.07, 6.45) is 3.95. The van der Waals surface area contributed by atoms with Gasteiger partial charge in [-0.15, -0.1) is 11.8 Å². The van der Waals surface area contributed by atoms with Crippen molar-refractivity contribution in [3.05, 3.63) is 59.5 Å². The van der Waals surface area contributed by atoms with Gasteiger partial charge in [-0.3, -0.25) is 9.59 Å². The molecular weight excluding hydrogens is 364 g/mol. The van der Waals surface area contributed by atoms with Gasteiger partial charge in [-0.25, -0.2) is 0 Å². The quantitative estimate of drug-likeness (QED) is 0.739. The summed E-state index contributed by atoms with van der Waals surface area (Å²) in [6.45, 7) is 3.09. The monoisotopic (exact) mass is 388 g/mol. The number of hydrogen-bond acceptors (Lipinski definition) is 5. The van der Waals surface area contributed by atoms with Gasteiger partial charge in [0.25, 0.3) is 5.91 Å². The number of nitrogens with zero attached hydrogens (tertiary/aromatic N) is 1. The van der Waals surface area contributed by atoms with Crippen LogP contribution in [-0.4, -0.2) is 48.8 Å². The van der Waals surface area contributed by atoms with E-state index in [1.807, 2.05) is 25.1 Å². The maximum absolute atomic E-state index is 13.2. The molecule has 7 heteroatoms. The van der Waals surface area contributed by atoms with Crippen molar-refractivity contribution in [2.75, 3.05) is 26.0 Å². The molecule has 0 spiro atoms. The molecule has 1 aliphatic rings. The Hall–Kier alpha value is -2.25. The first kappa shape index (κ1) is 19.5. The highest BCUT2D eigenvalue weighted by atomic mass is 32.2. The highest BCUT2D eigenvalue weighted by Crippen LogP contribution is 2.42. The van der Waals surface area contributed by atoms with Crippen molar-refractivity contribution in [3.63, 3.8) is 0 Å². The molecule has 0 radical (unpaired) electrons. The molecule has 2 unspecified atom stereocenters. The van der Waals surface area contributed by atoms with E-state index >= 15 is 0 Å². The molecule has 1 saturated heterocycles. The Balaban J connectivity index is 1.80. The van der Waals surface area contributed by atoms with E-state index in [0.717, 1.165) is 17.5 Å². The van der Waals surface area contributed by atoms with E-state index < -0.39 is 6.04 Å². The van der Waals surface area contributed by atoms with Crippen LogP contribution in [0.3, 0.4) is 0 Å². The first-order valence-electron chi connectivity index (χ1n) is 8.91. The Labute approximate surface area is 163 Å². The van der Waals surface area contributed by atoms with Crippen molar-refractivity contribution < 1.29 is 18.7 Å². The second-order valence-electron chi connectivity index (χ2n) is 6.47. The number of aryl methyl sites for hydroxylation is 1. The van der Waals surface area contributed by atoms with Crippen LogP contribution in [0.4, 0.5) is 0 Å². The summed E-state index contributed by atoms with van der Waals surface area (Å²) in [6, 6.07) is 8.74. The molecule has 2 atom stereocenters. The third kappa shape index (κ3) is 4.54. The Morgan fingerprint density at radius 2 is 2.07 bits per heavy atom. The molecule has 0 bridgehead atoms. The maximum Gasteiger partial charge on any atom is 0.255 e. The van der Waals surface area contributed by atoms with Crippen molar-refractivity contribution in [2.45, 2.75) is 24.8 Å². The summed E-state index contributed by atoms with van der Waals surface area (Å²) >= 11 is 1.57. The van der Waals surface area contributed by atoms with Gasteiger partial charge < -0.3 is 19.4 Å². The molecule has 144 valence electrons. The van der Waals surface area contributed by atoms with Crippen molar-refractivity contribution in [2.24, 2.45) is 0 Å². The Morgan fingerprint density at radius 3 is 2.74 bits per heavy atom. The van der Waals surface area contributed by atoms with Gasteiger partial charge in [-0.2, -0.15) is 0 Å². The van der Waals surface area contributed by atoms with Crippen LogP contribution in [0, 0.1) is 6.92 Å². The number of hydrogen-bond donors (Lipinski definition) is 1. The Bertz CT molecular complexity index is 761. The lowest BCUT2D eigenvalue weighted by molar-refractivity contribution is -0.124. The topological polar surface area (TPSA) is 71.8 Å². The zero-order valence-corrected chi connectivity index (χ0v) is 16.3. The lowest BCUT2D eigenvalue weighted by Gasteiger charge is -2.28. The number of benzene rings is 1. The van der Waals surface area contributed by atoms with Crippen LogP contribution < -0.4 is 5.32 Å². The molecule has 2 amide bonds. The maximum atomic E-state index is 13.2. The summed E-state index contributed by atoms with van der Waals surface area (Å²) in [5, 5.41) is 2.68. The number of furan rings is 1. The van der Waals surface area contributed by atoms with Gasteiger partial charge >= 0.3 is 0 Å². The van der Waals surface area contributed by atoms with Crippen LogP contribution in [0.15, 0.2) is 47.3 Å². The molecule has 0 saturated carbocycles. The van der Waals surface area contributed by atoms with Crippen molar-refractivity contribution in [1.29, 1.82) is 0 Å². The van der Waals surface area contributed by atoms with E-state index in [4.69, 9.17) is 9.15 Å². The van der Waals surface area contributed by atoms with Gasteiger partial charge in [0.2, 0.25) is 5.91 Å². The van der Waals surface area contributed by atoms with Crippen molar-refractivity contribution in [3.8, 4) is 0 Å². The van der Waals surface area contributed by atoms with Crippen LogP contribution in [-0.2, 0) is 9.53 Å². The molecule has 1 aliphatic heterocycles. The van der Waals surface area contributed by atoms with E-state index in [0.29, 0.717) is 24.5 Å². The fourth-order valence-corrected chi connectivity index (χ4v) is 4.43. The van der Waals surface area contributed by atoms with Gasteiger partial charge in [0.15, 0.2) is 0 Å². The Morgan fingerprint density at radius 1 is 1.30 bits per heavy atom. The van der Waals surface area contributed by atoms with Gasteiger partial charge in [0.05, 0.1) is 12.5 Å². The number of methoxy groups -OCH3 is 1. The van der Waals surface area contributed by atoms with E-state index in [2.05, 4.69) is 5.32 Å². The van der Waals surface area contributed by atoms with E-state index in [9.17, 15) is 9.59 Å². The fraction of sp³-hybridized carbons (Fsp3) is 0.400. The molecule has 0 aliphatic carbocycles. The van der Waals surface area contributed by atoms with Crippen LogP contribution >= 0.6 is 11.8 Å². The average Bonchev–Trinajstić information content (AvgIpc) is 3.34. The molecule has 27 heavy (non-hydrogen) atoms. The zero-order chi connectivity index (χ0) is 19.2. The largest absolute Gasteiger partial charge is 0.472 e. The van der Waals surface area contributed by atoms with Gasteiger partial charge in [0.1, 0.15) is 11.4 Å². The molecular formula is C20H24N2O4S. The molecule has 1 aromatic heterocycles. The highest BCUT2D eigenvalue weighted by Gasteiger charge is 2.42. The molecule has 3 rings (SSSR count). The summed E-state index contributed by atoms with van der Waals surface area (Å²) in [7, 11) is 1.63. The van der Waals surface area contributed by atoms with Crippen molar-refractivity contribution >= 4 is 23.6 Å². The standard InChI is InChI=1S/C20H24N2O4S/c1-14-4-6-15(7-5-14)19(24)22-17(18(23)21-9-3-10-25-2)13-27-20(22)16-8-11-26-12-16/h4-8,11-12,17,20H,3,9-10,13H2,1-2H3,(H,21,23). The van der Waals surface area contributed by atoms with Crippen molar-refractivity contribution in [1.82, 2.24) is 10.2 Å². The molecule has 2 aromatic rings. The number of thioether (sulfide) groups is 1. The lowest BCUT2D eigenvalue weighted by atomic mass is 10.1. The second kappa shape index (κ2) is 9.10. The molecule has 1 fully saturated rings. The highest BCUT2D eigenvalue weighted by molar-refractivity contribution is 7.99. The van der Waals surface area contributed by atoms with Crippen LogP contribution in [0.5, 0.6) is 0 Å². The first-order chi connectivity index (χ1) is 13.1. The SMILES string of the molecule is COCCCNC(=O)C1CSC(c2ccoc2)N1C(=O)c1ccc(C)cc1. The third-order valence-electron chi connectivity index (χ3n) is 4.49. The number of ether oxygens (including phenoxy) is 1. The zero-order valence-electron chi connectivity index (χ0n) is 15.5. The number of rotatable bonds is 7. The fourth-order valence-electron chi connectivity index (χ4n) is 3.02. The number of nitrogens with one attached hydrogen (secondary N) is 1. The summed E-state index contributed by atoms with van der Waals surface area (Å²) < 4.78 is 10.2. The van der Waals surface area contributed by atoms with Crippen LogP contribution in [0.2, 0.25) is 0 Å². The molecule has 1 aromatic carbocycles. The number of amides is 2. The smallest absolute Gasteiger partial charge is 0.255 e. The van der Waals surface area contributed by atoms with Crippen LogP contribution in [0.1, 0.15) is 33.3 Å². The van der Waals surface area contributed by atoms with E-state index in [-0.39, 0.29) is 17.2 Å². The van der Waals surface area contributed by atoms with Gasteiger partial charge in [0, 0.05) is 37.1 Å². The molecule has 2 heterocycles. The summed E-state index contributed by atoms with van der Waals surface area (Å²) in [5.74, 6) is 0.261. The lowest BCUT2D eigenvalue weighted by Crippen LogP contribution is -2.48. The minimum atomic E-state index is -0.522. The third-order valence-corrected chi connectivity index (χ3v) is 5.81. The predicted molar refractivity (Wildman–Crippen MR) is 105 cm³/mol. The second-order valence-corrected chi connectivity index (χ2v) is 7.59. The summed E-state index contributed by atoms with van der Waals surface area (Å²) in [5.41, 5.74) is 2.55. The van der Waals surface area contributed by atoms with E-state index in [1.165, 1.54) is 0 Å². The first-order valence-corrected chi connectivity index (χ1v) is 9.96. The Kier molecular flexibility index (Phi) is 6.58. The van der Waals surface area contributed by atoms with Crippen LogP contribution in [0.25, 0.3) is 0 Å². The van der Waals surface area contributed by atoms with Gasteiger partial charge in [-0.1, -0.05) is 17.7 Å². The van der Waals surface area contributed by atoms with E-state index in [1.54, 1.807) is 48.4 Å². The average molecular weight is 388 g/mol. The minimum absolute atomic E-state index is 0.134. The summed E-state index contributed by atoms with van der Waals surface area (Å²) in [4.78, 5) is 27.7. The van der Waals surface area contributed by atoms with Gasteiger partial charge in [-0.05, 0) is 31.5 Å². The normalized spacial score (nSPS) is 19.3. The predicted octanol–water partition coefficient (Wildman–Crippen LogP) is 3.00. The minimum Gasteiger partial charge on any atom is -0.472 e. The molecule has 1 N–H and O–H groups in total. The molecule has 6 nitrogen and oxygen atoms in total.